The van der Waals surface area contributed by atoms with Crippen molar-refractivity contribution < 1.29 is 28.9 Å². The molecule has 4 atom stereocenters. The second-order valence-corrected chi connectivity index (χ2v) is 9.13. The van der Waals surface area contributed by atoms with Gasteiger partial charge in [0.2, 0.25) is 5.82 Å². The van der Waals surface area contributed by atoms with Crippen LogP contribution in [0.4, 0.5) is 10.2 Å². The molecule has 0 spiro atoms. The van der Waals surface area contributed by atoms with Crippen LogP contribution in [0.5, 0.6) is 0 Å². The van der Waals surface area contributed by atoms with Gasteiger partial charge < -0.3 is 30.9 Å². The molecule has 1 aliphatic carbocycles. The molecule has 1 saturated carbocycles. The molecule has 1 aliphatic heterocycles. The topological polar surface area (TPSA) is 169 Å². The number of carbonyl (C=O) groups excluding carboxylic acids is 2. The van der Waals surface area contributed by atoms with Crippen molar-refractivity contribution in [2.45, 2.75) is 49.8 Å². The molecule has 2 fully saturated rings. The summed E-state index contributed by atoms with van der Waals surface area (Å²) in [6.45, 7) is 0.103. The maximum absolute atomic E-state index is 13.3. The summed E-state index contributed by atoms with van der Waals surface area (Å²) in [7, 11) is 1.39. The highest BCUT2D eigenvalue weighted by atomic mass is 19.1. The van der Waals surface area contributed by atoms with Gasteiger partial charge in [-0.1, -0.05) is 5.92 Å². The molecule has 3 heterocycles. The van der Waals surface area contributed by atoms with Crippen LogP contribution < -0.4 is 11.1 Å². The Kier molecular flexibility index (Phi) is 6.94. The van der Waals surface area contributed by atoms with Gasteiger partial charge in [-0.2, -0.15) is 0 Å². The molecule has 2 unspecified atom stereocenters. The van der Waals surface area contributed by atoms with E-state index in [0.29, 0.717) is 5.56 Å². The molecule has 2 aliphatic rings. The van der Waals surface area contributed by atoms with Gasteiger partial charge in [0, 0.05) is 18.7 Å². The minimum absolute atomic E-state index is 0.0344. The Labute approximate surface area is 216 Å². The van der Waals surface area contributed by atoms with Gasteiger partial charge >= 0.3 is 0 Å². The van der Waals surface area contributed by atoms with E-state index in [2.05, 4.69) is 32.1 Å². The van der Waals surface area contributed by atoms with Crippen LogP contribution in [-0.2, 0) is 9.53 Å². The number of rotatable bonds is 5. The number of aliphatic hydroxyl groups excluding tert-OH is 2. The van der Waals surface area contributed by atoms with Crippen molar-refractivity contribution in [2.24, 2.45) is 0 Å². The van der Waals surface area contributed by atoms with Gasteiger partial charge in [-0.05, 0) is 49.4 Å². The fourth-order valence-corrected chi connectivity index (χ4v) is 4.46. The lowest BCUT2D eigenvalue weighted by Crippen LogP contribution is -2.44. The maximum Gasteiger partial charge on any atom is 0.254 e. The number of hydrogen-bond donors (Lipinski definition) is 4. The maximum atomic E-state index is 13.3. The average Bonchev–Trinajstić information content (AvgIpc) is 3.43. The summed E-state index contributed by atoms with van der Waals surface area (Å²) in [6.07, 6.45) is -1.30. The van der Waals surface area contributed by atoms with Crippen LogP contribution in [0.25, 0.3) is 11.2 Å². The zero-order valence-electron chi connectivity index (χ0n) is 20.4. The monoisotopic (exact) mass is 523 g/mol. The third kappa shape index (κ3) is 4.65. The first-order chi connectivity index (χ1) is 18.3. The molecule has 1 saturated heterocycles. The third-order valence-electron chi connectivity index (χ3n) is 6.78. The third-order valence-corrected chi connectivity index (χ3v) is 6.78. The molecule has 2 amide bonds. The second-order valence-electron chi connectivity index (χ2n) is 9.13. The first kappa shape index (κ1) is 25.5. The van der Waals surface area contributed by atoms with Gasteiger partial charge in [0.25, 0.3) is 11.8 Å². The van der Waals surface area contributed by atoms with E-state index in [-0.39, 0.29) is 41.3 Å². The number of imidazole rings is 1. The summed E-state index contributed by atoms with van der Waals surface area (Å²) >= 11 is 0. The highest BCUT2D eigenvalue weighted by Crippen LogP contribution is 2.32. The molecular weight excluding hydrogens is 497 g/mol. The van der Waals surface area contributed by atoms with Crippen LogP contribution in [0.3, 0.4) is 0 Å². The average molecular weight is 524 g/mol. The summed E-state index contributed by atoms with van der Waals surface area (Å²) in [5.74, 6) is 4.59. The lowest BCUT2D eigenvalue weighted by atomic mass is 9.91. The predicted octanol–water partition coefficient (Wildman–Crippen LogP) is -0.0408. The Morgan fingerprint density at radius 3 is 2.63 bits per heavy atom. The number of ether oxygens (including phenoxy) is 1. The Bertz CT molecular complexity index is 1430. The molecule has 198 valence electrons. The standard InChI is InChI=1S/C25H26FN7O5/c1-28-23(36)20-18(34)19(35)25(38-20)33-12-29-17-21(27)30-16(31-22(17)33)6-3-11-32(15-4-2-5-15)24(37)13-7-9-14(26)10-8-13/h7-10,12,15,18-20,25,34-35H,2,4-5,11H2,1H3,(H,28,36)(H2,27,30,31)/t18-,19+,20?,25?/m0/s1. The first-order valence-corrected chi connectivity index (χ1v) is 12.1. The quantitative estimate of drug-likeness (QED) is 0.335. The van der Waals surface area contributed by atoms with E-state index in [9.17, 15) is 24.2 Å². The highest BCUT2D eigenvalue weighted by Gasteiger charge is 2.47. The molecule has 5 rings (SSSR count). The van der Waals surface area contributed by atoms with Crippen LogP contribution >= 0.6 is 0 Å². The van der Waals surface area contributed by atoms with Gasteiger partial charge in [0.05, 0.1) is 12.9 Å². The number of nitrogens with two attached hydrogens (primary N) is 1. The Morgan fingerprint density at radius 2 is 1.97 bits per heavy atom. The van der Waals surface area contributed by atoms with Crippen LogP contribution in [0.1, 0.15) is 41.7 Å². The number of likely N-dealkylation sites (N-methyl/N-ethyl adjacent to an activating group) is 1. The van der Waals surface area contributed by atoms with Crippen molar-refractivity contribution in [3.8, 4) is 11.8 Å². The lowest BCUT2D eigenvalue weighted by molar-refractivity contribution is -0.137. The largest absolute Gasteiger partial charge is 0.387 e. The van der Waals surface area contributed by atoms with Gasteiger partial charge in [-0.3, -0.25) is 14.2 Å². The van der Waals surface area contributed by atoms with Crippen molar-refractivity contribution in [3.63, 3.8) is 0 Å². The number of amides is 2. The van der Waals surface area contributed by atoms with E-state index in [1.807, 2.05) is 0 Å². The number of carbonyl (C=O) groups is 2. The summed E-state index contributed by atoms with van der Waals surface area (Å²) in [4.78, 5) is 39.5. The zero-order valence-corrected chi connectivity index (χ0v) is 20.4. The minimum Gasteiger partial charge on any atom is -0.387 e. The van der Waals surface area contributed by atoms with E-state index in [0.717, 1.165) is 19.3 Å². The summed E-state index contributed by atoms with van der Waals surface area (Å²) in [6, 6.07) is 5.42. The highest BCUT2D eigenvalue weighted by molar-refractivity contribution is 5.94. The van der Waals surface area contributed by atoms with Crippen molar-refractivity contribution >= 4 is 28.8 Å². The molecule has 5 N–H and O–H groups in total. The number of halogens is 1. The Balaban J connectivity index is 1.40. The minimum atomic E-state index is -1.47. The predicted molar refractivity (Wildman–Crippen MR) is 132 cm³/mol. The molecule has 2 aromatic heterocycles. The van der Waals surface area contributed by atoms with E-state index in [4.69, 9.17) is 10.5 Å². The van der Waals surface area contributed by atoms with E-state index < -0.39 is 36.3 Å². The molecule has 38 heavy (non-hydrogen) atoms. The number of aliphatic hydroxyl groups is 2. The number of aromatic nitrogens is 4. The zero-order chi connectivity index (χ0) is 27.0. The number of nitrogens with zero attached hydrogens (tertiary/aromatic N) is 5. The number of benzene rings is 1. The van der Waals surface area contributed by atoms with Gasteiger partial charge in [-0.25, -0.2) is 19.3 Å². The lowest BCUT2D eigenvalue weighted by Gasteiger charge is -2.36. The number of fused-ring (bicyclic) bond motifs is 1. The van der Waals surface area contributed by atoms with E-state index >= 15 is 0 Å². The smallest absolute Gasteiger partial charge is 0.254 e. The molecule has 1 aromatic carbocycles. The first-order valence-electron chi connectivity index (χ1n) is 12.1. The summed E-state index contributed by atoms with van der Waals surface area (Å²) in [5, 5.41) is 23.2. The molecule has 13 heteroatoms. The number of nitrogen functional groups attached to an aromatic ring is 1. The van der Waals surface area contributed by atoms with Gasteiger partial charge in [0.1, 0.15) is 23.5 Å². The van der Waals surface area contributed by atoms with Crippen molar-refractivity contribution in [1.82, 2.24) is 29.7 Å². The van der Waals surface area contributed by atoms with Crippen molar-refractivity contribution in [2.75, 3.05) is 19.3 Å². The number of hydrogen-bond acceptors (Lipinski definition) is 9. The number of nitrogens with one attached hydrogen (secondary N) is 1. The molecule has 3 aromatic rings. The van der Waals surface area contributed by atoms with Crippen LogP contribution in [0.15, 0.2) is 30.6 Å². The molecule has 0 bridgehead atoms. The van der Waals surface area contributed by atoms with Gasteiger partial charge in [-0.15, -0.1) is 0 Å². The fraction of sp³-hybridized carbons (Fsp3) is 0.400. The van der Waals surface area contributed by atoms with Crippen LogP contribution in [-0.4, -0.2) is 84.4 Å². The number of anilines is 1. The SMILES string of the molecule is CNC(=O)C1OC(n2cnc3c(N)nc(C#CCN(C(=O)c4ccc(F)cc4)C4CCC4)nc32)[C@H](O)[C@@H]1O. The second kappa shape index (κ2) is 10.3. The van der Waals surface area contributed by atoms with Crippen LogP contribution in [0.2, 0.25) is 0 Å². The van der Waals surface area contributed by atoms with Crippen LogP contribution in [0, 0.1) is 17.7 Å². The van der Waals surface area contributed by atoms with E-state index in [1.54, 1.807) is 4.90 Å². The van der Waals surface area contributed by atoms with Gasteiger partial charge in [0.15, 0.2) is 23.8 Å². The fourth-order valence-electron chi connectivity index (χ4n) is 4.46. The Hall–Kier alpha value is -4.12. The molecule has 0 radical (unpaired) electrons. The van der Waals surface area contributed by atoms with E-state index in [1.165, 1.54) is 42.2 Å². The molecule has 12 nitrogen and oxygen atoms in total. The molecular formula is C25H26FN7O5. The summed E-state index contributed by atoms with van der Waals surface area (Å²) in [5.41, 5.74) is 6.86. The van der Waals surface area contributed by atoms with Crippen molar-refractivity contribution in [1.29, 1.82) is 0 Å². The van der Waals surface area contributed by atoms with Crippen molar-refractivity contribution in [3.05, 3.63) is 47.8 Å². The Morgan fingerprint density at radius 1 is 1.24 bits per heavy atom. The normalized spacial score (nSPS) is 22.9. The summed E-state index contributed by atoms with van der Waals surface area (Å²) < 4.78 is 20.3.